The standard InChI is InChI=1S/C38H41N9O14S4/c1-23-12-28(44-46-30-15-25(21-62(49,50)51)14-26(16-30)22-63(52,53)54)7-6-27(23)17-35-41-37(39-11-10-36(48)59-3)43-38(42-35)40-34-9-8-29(13-24(34)2)45-47-31-18-32(64(55,56)60-4)20-33(19-31)65(57,58)61-5/h6-9,12-16,18-20H,10-11,17,21-22H2,1-5H3,(H,49,50,51)(H,52,53,54)(H2,39,40,41,42,43). The first-order valence-electron chi connectivity index (χ1n) is 18.6. The minimum atomic E-state index is -4.48. The highest BCUT2D eigenvalue weighted by molar-refractivity contribution is 7.87. The lowest BCUT2D eigenvalue weighted by molar-refractivity contribution is -0.140. The van der Waals surface area contributed by atoms with Crippen LogP contribution in [0.4, 0.5) is 40.3 Å². The summed E-state index contributed by atoms with van der Waals surface area (Å²) in [6, 6.07) is 16.8. The third-order valence-corrected chi connectivity index (χ3v) is 12.7. The Kier molecular flexibility index (Phi) is 15.9. The lowest BCUT2D eigenvalue weighted by Gasteiger charge is -2.13. The minimum absolute atomic E-state index is 0.0210. The molecule has 0 amide bonds. The van der Waals surface area contributed by atoms with Gasteiger partial charge in [0.1, 0.15) is 17.3 Å². The second kappa shape index (κ2) is 20.7. The molecule has 0 saturated carbocycles. The zero-order chi connectivity index (χ0) is 47.7. The number of nitrogens with zero attached hydrogens (tertiary/aromatic N) is 7. The molecule has 0 unspecified atom stereocenters. The van der Waals surface area contributed by atoms with Crippen molar-refractivity contribution >= 4 is 86.8 Å². The number of carbonyl (C=O) groups is 1. The number of rotatable bonds is 20. The first kappa shape index (κ1) is 49.8. The predicted molar refractivity (Wildman–Crippen MR) is 234 cm³/mol. The van der Waals surface area contributed by atoms with Gasteiger partial charge >= 0.3 is 5.97 Å². The molecule has 0 atom stereocenters. The van der Waals surface area contributed by atoms with Gasteiger partial charge in [-0.15, -0.1) is 0 Å². The second-order valence-electron chi connectivity index (χ2n) is 13.8. The van der Waals surface area contributed by atoms with Crippen LogP contribution in [0.15, 0.2) is 103 Å². The number of anilines is 3. The summed E-state index contributed by atoms with van der Waals surface area (Å²) in [6.07, 6.45) is 0.217. The molecule has 0 radical (unpaired) electrons. The molecule has 346 valence electrons. The van der Waals surface area contributed by atoms with Gasteiger partial charge in [-0.1, -0.05) is 12.1 Å². The number of ether oxygens (including phenoxy) is 1. The molecule has 1 aromatic heterocycles. The van der Waals surface area contributed by atoms with Crippen molar-refractivity contribution in [1.29, 1.82) is 0 Å². The predicted octanol–water partition coefficient (Wildman–Crippen LogP) is 6.07. The highest BCUT2D eigenvalue weighted by Gasteiger charge is 2.22. The van der Waals surface area contributed by atoms with Crippen molar-refractivity contribution in [1.82, 2.24) is 15.0 Å². The number of hydrogen-bond donors (Lipinski definition) is 4. The van der Waals surface area contributed by atoms with Crippen LogP contribution >= 0.6 is 0 Å². The van der Waals surface area contributed by atoms with Crippen molar-refractivity contribution in [2.45, 2.75) is 48.0 Å². The monoisotopic (exact) mass is 975 g/mol. The second-order valence-corrected chi connectivity index (χ2v) is 20.2. The Morgan fingerprint density at radius 3 is 1.63 bits per heavy atom. The Morgan fingerprint density at radius 2 is 1.12 bits per heavy atom. The molecule has 0 aliphatic carbocycles. The number of azo groups is 2. The highest BCUT2D eigenvalue weighted by Crippen LogP contribution is 2.30. The molecular weight excluding hydrogens is 935 g/mol. The molecule has 23 nitrogen and oxygen atoms in total. The quantitative estimate of drug-likeness (QED) is 0.0297. The van der Waals surface area contributed by atoms with Crippen LogP contribution in [0.1, 0.15) is 40.1 Å². The normalized spacial score (nSPS) is 12.5. The molecule has 5 aromatic rings. The van der Waals surface area contributed by atoms with E-state index in [4.69, 9.17) is 4.74 Å². The Labute approximate surface area is 374 Å². The fraction of sp³-hybridized carbons (Fsp3) is 0.263. The van der Waals surface area contributed by atoms with Gasteiger partial charge in [-0.2, -0.15) is 69.1 Å². The van der Waals surface area contributed by atoms with Gasteiger partial charge in [0.2, 0.25) is 11.9 Å². The van der Waals surface area contributed by atoms with Gasteiger partial charge in [0.15, 0.2) is 0 Å². The summed E-state index contributed by atoms with van der Waals surface area (Å²) < 4.78 is 128. The van der Waals surface area contributed by atoms with E-state index in [1.807, 2.05) is 6.92 Å². The van der Waals surface area contributed by atoms with Crippen molar-refractivity contribution in [2.75, 3.05) is 38.5 Å². The molecule has 0 saturated heterocycles. The molecule has 27 heteroatoms. The lowest BCUT2D eigenvalue weighted by atomic mass is 10.0. The van der Waals surface area contributed by atoms with Crippen molar-refractivity contribution in [3.63, 3.8) is 0 Å². The Hall–Kier alpha value is -6.20. The van der Waals surface area contributed by atoms with Gasteiger partial charge in [-0.3, -0.25) is 22.3 Å². The summed E-state index contributed by atoms with van der Waals surface area (Å²) in [5, 5.41) is 22.7. The van der Waals surface area contributed by atoms with E-state index in [1.165, 1.54) is 25.3 Å². The molecule has 5 rings (SSSR count). The molecule has 4 aromatic carbocycles. The topological polar surface area (TPSA) is 334 Å². The van der Waals surface area contributed by atoms with Crippen LogP contribution in [0, 0.1) is 13.8 Å². The summed E-state index contributed by atoms with van der Waals surface area (Å²) in [7, 11) is -14.5. The number of aromatic nitrogens is 3. The number of nitrogens with one attached hydrogen (secondary N) is 2. The van der Waals surface area contributed by atoms with Gasteiger partial charge in [0.05, 0.1) is 60.3 Å². The Bertz CT molecular complexity index is 3030. The minimum Gasteiger partial charge on any atom is -0.469 e. The van der Waals surface area contributed by atoms with Gasteiger partial charge in [-0.25, -0.2) is 0 Å². The third-order valence-electron chi connectivity index (χ3n) is 8.83. The van der Waals surface area contributed by atoms with Gasteiger partial charge in [0, 0.05) is 18.7 Å². The molecule has 0 aliphatic rings. The number of methoxy groups -OCH3 is 1. The van der Waals surface area contributed by atoms with E-state index >= 15 is 0 Å². The molecule has 0 spiro atoms. The largest absolute Gasteiger partial charge is 0.469 e. The first-order valence-corrected chi connectivity index (χ1v) is 24.6. The Balaban J connectivity index is 1.39. The average molecular weight is 976 g/mol. The zero-order valence-electron chi connectivity index (χ0n) is 35.0. The summed E-state index contributed by atoms with van der Waals surface area (Å²) in [5.74, 6) is -1.51. The fourth-order valence-corrected chi connectivity index (χ4v) is 8.52. The number of carbonyl (C=O) groups excluding carboxylic acids is 1. The maximum atomic E-state index is 12.4. The zero-order valence-corrected chi connectivity index (χ0v) is 38.3. The van der Waals surface area contributed by atoms with E-state index in [1.54, 1.807) is 43.3 Å². The summed E-state index contributed by atoms with van der Waals surface area (Å²) >= 11 is 0. The van der Waals surface area contributed by atoms with E-state index in [0.29, 0.717) is 28.5 Å². The third kappa shape index (κ3) is 14.9. The number of hydrogen-bond acceptors (Lipinski definition) is 21. The summed E-state index contributed by atoms with van der Waals surface area (Å²) in [4.78, 5) is 24.4. The van der Waals surface area contributed by atoms with Crippen LogP contribution in [0.3, 0.4) is 0 Å². The van der Waals surface area contributed by atoms with Crippen LogP contribution in [-0.4, -0.2) is 91.6 Å². The van der Waals surface area contributed by atoms with Crippen molar-refractivity contribution < 1.29 is 60.7 Å². The number of benzene rings is 4. The molecule has 1 heterocycles. The number of aryl methyl sites for hydroxylation is 2. The Morgan fingerprint density at radius 1 is 0.615 bits per heavy atom. The SMILES string of the molecule is COC(=O)CCNc1nc(Cc2ccc(N=Nc3cc(CS(=O)(=O)O)cc(CS(=O)(=O)O)c3)cc2C)nc(Nc2ccc(N=Nc3cc(S(=O)(=O)OC)cc(S(=O)(=O)OC)c3)cc2C)n1. The van der Waals surface area contributed by atoms with E-state index in [2.05, 4.69) is 54.4 Å². The van der Waals surface area contributed by atoms with Gasteiger partial charge < -0.3 is 15.4 Å². The lowest BCUT2D eigenvalue weighted by Crippen LogP contribution is -2.14. The van der Waals surface area contributed by atoms with Crippen LogP contribution in [0.25, 0.3) is 0 Å². The van der Waals surface area contributed by atoms with Crippen LogP contribution in [0.2, 0.25) is 0 Å². The highest BCUT2D eigenvalue weighted by atomic mass is 32.2. The van der Waals surface area contributed by atoms with Crippen LogP contribution in [-0.2, 0) is 76.3 Å². The smallest absolute Gasteiger partial charge is 0.307 e. The average Bonchev–Trinajstić information content (AvgIpc) is 3.22. The number of esters is 1. The van der Waals surface area contributed by atoms with Crippen LogP contribution in [0.5, 0.6) is 0 Å². The van der Waals surface area contributed by atoms with Crippen molar-refractivity contribution in [3.8, 4) is 0 Å². The van der Waals surface area contributed by atoms with Gasteiger partial charge in [-0.05, 0) is 102 Å². The van der Waals surface area contributed by atoms with Gasteiger partial charge in [0.25, 0.3) is 40.5 Å². The van der Waals surface area contributed by atoms with Crippen molar-refractivity contribution in [3.05, 3.63) is 106 Å². The summed E-state index contributed by atoms with van der Waals surface area (Å²) in [6.45, 7) is 3.70. The molecule has 0 bridgehead atoms. The van der Waals surface area contributed by atoms with E-state index in [0.717, 1.165) is 43.5 Å². The molecule has 65 heavy (non-hydrogen) atoms. The summed E-state index contributed by atoms with van der Waals surface area (Å²) in [5.41, 5.74) is 3.40. The molecule has 4 N–H and O–H groups in total. The van der Waals surface area contributed by atoms with E-state index in [-0.39, 0.29) is 53.8 Å². The van der Waals surface area contributed by atoms with Crippen LogP contribution < -0.4 is 10.6 Å². The van der Waals surface area contributed by atoms with Crippen molar-refractivity contribution in [2.24, 2.45) is 20.5 Å². The molecular formula is C38H41N9O14S4. The fourth-order valence-electron chi connectivity index (χ4n) is 5.81. The molecule has 0 aliphatic heterocycles. The first-order chi connectivity index (χ1) is 30.4. The van der Waals surface area contributed by atoms with E-state index < -0.39 is 67.7 Å². The van der Waals surface area contributed by atoms with E-state index in [9.17, 15) is 47.6 Å². The maximum Gasteiger partial charge on any atom is 0.307 e. The molecule has 0 fully saturated rings. The maximum absolute atomic E-state index is 12.4.